The molecular formula is C66H46F3N3. The van der Waals surface area contributed by atoms with Gasteiger partial charge in [0.1, 0.15) is 0 Å². The van der Waals surface area contributed by atoms with Crippen LogP contribution < -0.4 is 0 Å². The van der Waals surface area contributed by atoms with Crippen molar-refractivity contribution in [2.24, 2.45) is 0 Å². The zero-order chi connectivity index (χ0) is 49.4. The van der Waals surface area contributed by atoms with Crippen LogP contribution in [0.5, 0.6) is 0 Å². The minimum Gasteiger partial charge on any atom is -0.308 e. The topological polar surface area (TPSA) is 14.2 Å². The van der Waals surface area contributed by atoms with Gasteiger partial charge in [0.15, 0.2) is 5.69 Å². The molecule has 72 heavy (non-hydrogen) atoms. The van der Waals surface area contributed by atoms with Gasteiger partial charge in [-0.05, 0) is 126 Å². The van der Waals surface area contributed by atoms with E-state index in [1.54, 1.807) is 6.07 Å². The van der Waals surface area contributed by atoms with E-state index in [1.165, 1.54) is 12.1 Å². The van der Waals surface area contributed by atoms with Crippen molar-refractivity contribution < 1.29 is 13.2 Å². The Kier molecular flexibility index (Phi) is 10.6. The van der Waals surface area contributed by atoms with Crippen LogP contribution in [0, 0.1) is 34.3 Å². The Morgan fingerprint density at radius 2 is 0.653 bits per heavy atom. The molecule has 0 saturated carbocycles. The molecule has 0 spiro atoms. The second-order valence-corrected chi connectivity index (χ2v) is 19.1. The lowest BCUT2D eigenvalue weighted by molar-refractivity contribution is -0.137. The number of benzene rings is 10. The number of fused-ring (bicyclic) bond motifs is 6. The average Bonchev–Trinajstić information content (AvgIpc) is 3.89. The van der Waals surface area contributed by atoms with Crippen molar-refractivity contribution in [1.82, 2.24) is 9.13 Å². The zero-order valence-electron chi connectivity index (χ0n) is 40.1. The van der Waals surface area contributed by atoms with Crippen molar-refractivity contribution in [2.45, 2.75) is 33.9 Å². The molecule has 12 aromatic rings. The molecule has 6 heteroatoms. The van der Waals surface area contributed by atoms with E-state index in [1.807, 2.05) is 12.1 Å². The van der Waals surface area contributed by atoms with Crippen LogP contribution in [0.3, 0.4) is 0 Å². The third kappa shape index (κ3) is 7.62. The molecule has 12 rings (SSSR count). The molecule has 10 aromatic carbocycles. The first-order chi connectivity index (χ1) is 34.9. The van der Waals surface area contributed by atoms with Gasteiger partial charge in [-0.25, -0.2) is 4.85 Å². The SMILES string of the molecule is [C-]#[N+]c1cc(-n2c3cc(-c4ccc(C)cc4)ccc3c3ccc(-c4ccc(C)cc4)cc32)c(-n2c3cc(-c4ccc(C)cc4)ccc3c3ccc(-c4ccc(C)cc4)cc32)cc1-c1ccccc1C(F)(F)F. The molecule has 0 radical (unpaired) electrons. The molecule has 346 valence electrons. The van der Waals surface area contributed by atoms with Crippen molar-refractivity contribution in [2.75, 3.05) is 0 Å². The first-order valence-electron chi connectivity index (χ1n) is 24.1. The van der Waals surface area contributed by atoms with E-state index in [2.05, 4.69) is 212 Å². The zero-order valence-corrected chi connectivity index (χ0v) is 40.1. The Labute approximate surface area is 416 Å². The maximum Gasteiger partial charge on any atom is 0.416 e. The van der Waals surface area contributed by atoms with Gasteiger partial charge >= 0.3 is 6.18 Å². The first kappa shape index (κ1) is 44.3. The van der Waals surface area contributed by atoms with Gasteiger partial charge in [-0.1, -0.05) is 186 Å². The maximum absolute atomic E-state index is 15.2. The van der Waals surface area contributed by atoms with E-state index in [0.29, 0.717) is 11.4 Å². The van der Waals surface area contributed by atoms with E-state index in [-0.39, 0.29) is 16.8 Å². The monoisotopic (exact) mass is 937 g/mol. The van der Waals surface area contributed by atoms with Gasteiger partial charge in [0, 0.05) is 21.5 Å². The highest BCUT2D eigenvalue weighted by Crippen LogP contribution is 2.47. The minimum absolute atomic E-state index is 0.0595. The van der Waals surface area contributed by atoms with E-state index >= 15 is 13.2 Å². The molecule has 0 aliphatic carbocycles. The number of aromatic nitrogens is 2. The fourth-order valence-corrected chi connectivity index (χ4v) is 10.5. The minimum atomic E-state index is -4.68. The summed E-state index contributed by atoms with van der Waals surface area (Å²) < 4.78 is 50.0. The Bertz CT molecular complexity index is 3940. The summed E-state index contributed by atoms with van der Waals surface area (Å²) in [5.41, 5.74) is 17.0. The van der Waals surface area contributed by atoms with Crippen LogP contribution in [-0.2, 0) is 6.18 Å². The summed E-state index contributed by atoms with van der Waals surface area (Å²) in [6.07, 6.45) is -4.68. The molecule has 0 unspecified atom stereocenters. The fourth-order valence-electron chi connectivity index (χ4n) is 10.5. The van der Waals surface area contributed by atoms with Gasteiger partial charge in [-0.15, -0.1) is 0 Å². The molecule has 0 atom stereocenters. The predicted octanol–water partition coefficient (Wildman–Crippen LogP) is 19.0. The second-order valence-electron chi connectivity index (χ2n) is 19.1. The summed E-state index contributed by atoms with van der Waals surface area (Å²) >= 11 is 0. The molecule has 2 aromatic heterocycles. The molecule has 0 bridgehead atoms. The van der Waals surface area contributed by atoms with Crippen molar-refractivity contribution in [3.05, 3.63) is 245 Å². The number of hydrogen-bond donors (Lipinski definition) is 0. The summed E-state index contributed by atoms with van der Waals surface area (Å²) in [5, 5.41) is 3.98. The molecule has 0 fully saturated rings. The molecule has 2 heterocycles. The van der Waals surface area contributed by atoms with Crippen molar-refractivity contribution in [1.29, 1.82) is 0 Å². The number of hydrogen-bond acceptors (Lipinski definition) is 0. The molecule has 0 aliphatic rings. The van der Waals surface area contributed by atoms with E-state index in [9.17, 15) is 0 Å². The quantitative estimate of drug-likeness (QED) is 0.141. The fraction of sp³-hybridized carbons (Fsp3) is 0.0758. The van der Waals surface area contributed by atoms with E-state index < -0.39 is 11.7 Å². The highest BCUT2D eigenvalue weighted by atomic mass is 19.4. The van der Waals surface area contributed by atoms with Gasteiger partial charge in [-0.3, -0.25) is 0 Å². The maximum atomic E-state index is 15.2. The molecule has 0 saturated heterocycles. The largest absolute Gasteiger partial charge is 0.416 e. The third-order valence-corrected chi connectivity index (χ3v) is 14.3. The van der Waals surface area contributed by atoms with E-state index in [0.717, 1.165) is 116 Å². The Morgan fingerprint density at radius 3 is 0.972 bits per heavy atom. The molecule has 0 N–H and O–H groups in total. The lowest BCUT2D eigenvalue weighted by Gasteiger charge is -2.21. The molecule has 3 nitrogen and oxygen atoms in total. The van der Waals surface area contributed by atoms with Crippen LogP contribution in [0.1, 0.15) is 27.8 Å². The summed E-state index contributed by atoms with van der Waals surface area (Å²) in [6, 6.07) is 69.1. The number of rotatable bonds is 7. The van der Waals surface area contributed by atoms with Crippen LogP contribution in [0.15, 0.2) is 206 Å². The van der Waals surface area contributed by atoms with Gasteiger partial charge in [0.25, 0.3) is 0 Å². The lowest BCUT2D eigenvalue weighted by Crippen LogP contribution is -2.08. The molecular weight excluding hydrogens is 892 g/mol. The number of alkyl halides is 3. The number of aryl methyl sites for hydroxylation is 4. The van der Waals surface area contributed by atoms with Crippen LogP contribution in [0.4, 0.5) is 18.9 Å². The van der Waals surface area contributed by atoms with Crippen molar-refractivity contribution >= 4 is 49.3 Å². The van der Waals surface area contributed by atoms with Crippen LogP contribution in [-0.4, -0.2) is 9.13 Å². The van der Waals surface area contributed by atoms with Gasteiger partial charge in [0.2, 0.25) is 0 Å². The second kappa shape index (κ2) is 17.2. The molecule has 0 aliphatic heterocycles. The predicted molar refractivity (Wildman–Crippen MR) is 293 cm³/mol. The van der Waals surface area contributed by atoms with Gasteiger partial charge < -0.3 is 9.13 Å². The number of halogens is 3. The van der Waals surface area contributed by atoms with Gasteiger partial charge in [-0.2, -0.15) is 13.2 Å². The summed E-state index contributed by atoms with van der Waals surface area (Å²) in [4.78, 5) is 4.08. The first-order valence-corrected chi connectivity index (χ1v) is 24.1. The van der Waals surface area contributed by atoms with E-state index in [4.69, 9.17) is 6.57 Å². The summed E-state index contributed by atoms with van der Waals surface area (Å²) in [7, 11) is 0. The standard InChI is InChI=1S/C66H46F3N3/c1-40-10-18-44(19-11-40)48-26-30-53-54-31-27-49(45-20-12-41(2)13-21-45)35-61(54)71(60(53)34-48)64-38-57(52-8-6-7-9-58(52)66(67,68)69)59(70-5)39-65(64)72-62-36-50(46-22-14-42(3)15-23-46)28-32-55(62)56-33-29-51(37-63(56)72)47-24-16-43(4)17-25-47/h6-39H,1-4H3. The third-order valence-electron chi connectivity index (χ3n) is 14.3. The highest BCUT2D eigenvalue weighted by molar-refractivity contribution is 6.14. The van der Waals surface area contributed by atoms with Gasteiger partial charge in [0.05, 0.1) is 45.6 Å². The van der Waals surface area contributed by atoms with Crippen molar-refractivity contribution in [3.8, 4) is 67.0 Å². The highest BCUT2D eigenvalue weighted by Gasteiger charge is 2.34. The smallest absolute Gasteiger partial charge is 0.308 e. The lowest BCUT2D eigenvalue weighted by atomic mass is 9.96. The summed E-state index contributed by atoms with van der Waals surface area (Å²) in [5.74, 6) is 0. The van der Waals surface area contributed by atoms with Crippen LogP contribution in [0.25, 0.3) is 115 Å². The summed E-state index contributed by atoms with van der Waals surface area (Å²) in [6.45, 7) is 17.0. The number of nitrogens with zero attached hydrogens (tertiary/aromatic N) is 3. The normalized spacial score (nSPS) is 11.8. The Hall–Kier alpha value is -8.92. The molecule has 0 amide bonds. The van der Waals surface area contributed by atoms with Crippen molar-refractivity contribution in [3.63, 3.8) is 0 Å². The Morgan fingerprint density at radius 1 is 0.347 bits per heavy atom. The van der Waals surface area contributed by atoms with Crippen LogP contribution in [0.2, 0.25) is 0 Å². The Balaban J connectivity index is 1.26. The average molecular weight is 938 g/mol. The van der Waals surface area contributed by atoms with Crippen LogP contribution >= 0.6 is 0 Å².